The topological polar surface area (TPSA) is 51.8 Å². The summed E-state index contributed by atoms with van der Waals surface area (Å²) in [5, 5.41) is 3.65. The monoisotopic (exact) mass is 856 g/mol. The molecule has 2 aromatic carbocycles. The summed E-state index contributed by atoms with van der Waals surface area (Å²) in [5.41, 5.74) is 10.6. The molecule has 6 heteroatoms. The van der Waals surface area contributed by atoms with Gasteiger partial charge in [-0.05, 0) is 104 Å². The van der Waals surface area contributed by atoms with Crippen LogP contribution < -0.4 is 5.19 Å². The summed E-state index contributed by atoms with van der Waals surface area (Å²) in [6.07, 6.45) is 12.4. The zero-order valence-corrected chi connectivity index (χ0v) is 34.0. The van der Waals surface area contributed by atoms with Gasteiger partial charge in [0.1, 0.15) is 0 Å². The first kappa shape index (κ1) is 36.4. The Morgan fingerprint density at radius 1 is 0.860 bits per heavy atom. The number of fused-ring (bicyclic) bond motifs is 5. The maximum atomic E-state index is 6.09. The van der Waals surface area contributed by atoms with E-state index in [2.05, 4.69) is 99.0 Å². The van der Waals surface area contributed by atoms with E-state index in [1.54, 1.807) is 10.8 Å². The summed E-state index contributed by atoms with van der Waals surface area (Å²) in [4.78, 5) is 14.0. The summed E-state index contributed by atoms with van der Waals surface area (Å²) in [7, 11) is -1.37. The third-order valence-corrected chi connectivity index (χ3v) is 12.8. The molecule has 3 atom stereocenters. The fraction of sp³-hybridized carbons (Fsp3) is 0.386. The first-order valence-corrected chi connectivity index (χ1v) is 21.7. The molecule has 2 aliphatic carbocycles. The fourth-order valence-corrected chi connectivity index (χ4v) is 9.81. The van der Waals surface area contributed by atoms with Gasteiger partial charge in [0.2, 0.25) is 5.71 Å². The van der Waals surface area contributed by atoms with Gasteiger partial charge >= 0.3 is 0 Å². The number of hydrogen-bond donors (Lipinski definition) is 0. The predicted octanol–water partition coefficient (Wildman–Crippen LogP) is 10.7. The normalized spacial score (nSPS) is 18.4. The summed E-state index contributed by atoms with van der Waals surface area (Å²) in [6.45, 7) is 15.9. The molecule has 50 heavy (non-hydrogen) atoms. The van der Waals surface area contributed by atoms with E-state index >= 15 is 0 Å². The second kappa shape index (κ2) is 15.0. The van der Waals surface area contributed by atoms with E-state index < -0.39 is 8.07 Å². The summed E-state index contributed by atoms with van der Waals surface area (Å²) < 4.78 is 6.09. The van der Waals surface area contributed by atoms with Crippen LogP contribution in [0, 0.1) is 49.7 Å². The van der Waals surface area contributed by atoms with Crippen LogP contribution >= 0.6 is 0 Å². The van der Waals surface area contributed by atoms with E-state index in [1.807, 2.05) is 43.5 Å². The van der Waals surface area contributed by atoms with Crippen LogP contribution in [0.5, 0.6) is 0 Å². The van der Waals surface area contributed by atoms with Crippen LogP contribution in [0.4, 0.5) is 0 Å². The number of pyridine rings is 3. The summed E-state index contributed by atoms with van der Waals surface area (Å²) in [6, 6.07) is 27.5. The van der Waals surface area contributed by atoms with Crippen LogP contribution in [0.1, 0.15) is 61.9 Å². The van der Waals surface area contributed by atoms with Crippen molar-refractivity contribution in [1.29, 1.82) is 0 Å². The zero-order valence-electron chi connectivity index (χ0n) is 30.6. The Kier molecular flexibility index (Phi) is 10.9. The van der Waals surface area contributed by atoms with Crippen LogP contribution in [0.15, 0.2) is 77.5 Å². The van der Waals surface area contributed by atoms with Crippen LogP contribution in [0.3, 0.4) is 0 Å². The van der Waals surface area contributed by atoms with Crippen molar-refractivity contribution in [3.8, 4) is 22.5 Å². The van der Waals surface area contributed by atoms with Crippen molar-refractivity contribution in [2.75, 3.05) is 0 Å². The number of nitrogens with zero attached hydrogens (tertiary/aromatic N) is 3. The van der Waals surface area contributed by atoms with Gasteiger partial charge < -0.3 is 14.4 Å². The molecule has 0 amide bonds. The molecule has 261 valence electrons. The molecule has 0 spiro atoms. The van der Waals surface area contributed by atoms with Gasteiger partial charge in [-0.25, -0.2) is 4.98 Å². The first-order valence-electron chi connectivity index (χ1n) is 18.2. The van der Waals surface area contributed by atoms with Crippen molar-refractivity contribution in [3.05, 3.63) is 108 Å². The maximum Gasteiger partial charge on any atom is 0.216 e. The van der Waals surface area contributed by atoms with E-state index in [0.29, 0.717) is 11.6 Å². The molecular formula is C44H49IrN3OSi-2. The minimum atomic E-state index is -1.37. The van der Waals surface area contributed by atoms with Gasteiger partial charge in [-0.15, -0.1) is 54.1 Å². The molecule has 4 heterocycles. The van der Waals surface area contributed by atoms with Crippen molar-refractivity contribution >= 4 is 35.3 Å². The molecule has 2 aliphatic rings. The number of rotatable bonds is 7. The van der Waals surface area contributed by atoms with Crippen molar-refractivity contribution < 1.29 is 24.5 Å². The minimum Gasteiger partial charge on any atom is -0.486 e. The van der Waals surface area contributed by atoms with Crippen molar-refractivity contribution in [2.24, 2.45) is 23.7 Å². The molecular weight excluding hydrogens is 807 g/mol. The molecule has 8 rings (SSSR count). The van der Waals surface area contributed by atoms with E-state index in [9.17, 15) is 0 Å². The largest absolute Gasteiger partial charge is 0.486 e. The Balaban J connectivity index is 0.000000170. The smallest absolute Gasteiger partial charge is 0.216 e. The van der Waals surface area contributed by atoms with Crippen LogP contribution in [0.25, 0.3) is 44.6 Å². The molecule has 1 radical (unpaired) electrons. The van der Waals surface area contributed by atoms with Crippen molar-refractivity contribution in [3.63, 3.8) is 0 Å². The Bertz CT molecular complexity index is 2100. The number of aryl methyl sites for hydroxylation is 2. The second-order valence-electron chi connectivity index (χ2n) is 16.0. The molecule has 0 saturated heterocycles. The van der Waals surface area contributed by atoms with Gasteiger partial charge in [-0.3, -0.25) is 0 Å². The molecule has 4 nitrogen and oxygen atoms in total. The molecule has 0 aliphatic heterocycles. The molecule has 4 aromatic heterocycles. The van der Waals surface area contributed by atoms with E-state index in [4.69, 9.17) is 9.40 Å². The average Bonchev–Trinajstić information content (AvgIpc) is 3.80. The van der Waals surface area contributed by atoms with Crippen LogP contribution in [-0.2, 0) is 32.9 Å². The molecule has 2 fully saturated rings. The standard InChI is InChI=1S/C22H21N2O.C22H28NSi.Ir/c1-13(2)10-16-11-20(23-12-14(16)3)19-7-5-6-17-18-9-8-15(4)24-22(18)25-21(17)19;1-24(2,3)22-15-23-21(17-7-5-4-6-8-17)14-20(22)13-19-12-16-9-10-18(19)11-16;/h5-6,8-9,11-13H,10H2,1-4H3;4-7,14-16,18-19H,9-13H2,1-3H3;/q2*-1;. The summed E-state index contributed by atoms with van der Waals surface area (Å²) in [5.74, 6) is 3.53. The SMILES string of the molecule is C[Si](C)(C)c1cnc(-c2[c-]cccc2)cc1CC1CC2CCC1C2.Cc1ccc2c(n1)oc1c(-c3cc(CC(C)C)c(C)cn3)[c-]ccc12.[Ir]. The van der Waals surface area contributed by atoms with Gasteiger partial charge in [0.05, 0.1) is 13.7 Å². The third kappa shape index (κ3) is 7.73. The maximum absolute atomic E-state index is 6.09. The Labute approximate surface area is 312 Å². The van der Waals surface area contributed by atoms with E-state index in [0.717, 1.165) is 68.7 Å². The van der Waals surface area contributed by atoms with Gasteiger partial charge in [-0.1, -0.05) is 74.1 Å². The number of aromatic nitrogens is 3. The summed E-state index contributed by atoms with van der Waals surface area (Å²) >= 11 is 0. The van der Waals surface area contributed by atoms with Gasteiger partial charge in [0.15, 0.2) is 0 Å². The molecule has 2 saturated carbocycles. The number of furan rings is 1. The van der Waals surface area contributed by atoms with Gasteiger partial charge in [0.25, 0.3) is 0 Å². The Hall–Kier alpha value is -3.44. The Morgan fingerprint density at radius 3 is 2.36 bits per heavy atom. The fourth-order valence-electron chi connectivity index (χ4n) is 8.22. The third-order valence-electron chi connectivity index (χ3n) is 10.7. The second-order valence-corrected chi connectivity index (χ2v) is 21.0. The van der Waals surface area contributed by atoms with Crippen LogP contribution in [-0.4, -0.2) is 23.0 Å². The number of hydrogen-bond acceptors (Lipinski definition) is 4. The van der Waals surface area contributed by atoms with Gasteiger partial charge in [0, 0.05) is 43.6 Å². The first-order chi connectivity index (χ1) is 23.5. The average molecular weight is 856 g/mol. The zero-order chi connectivity index (χ0) is 34.3. The molecule has 2 bridgehead atoms. The van der Waals surface area contributed by atoms with Crippen molar-refractivity contribution in [1.82, 2.24) is 15.0 Å². The number of benzene rings is 2. The molecule has 6 aromatic rings. The molecule has 0 N–H and O–H groups in total. The molecule has 3 unspecified atom stereocenters. The van der Waals surface area contributed by atoms with Crippen molar-refractivity contribution in [2.45, 2.75) is 85.9 Å². The quantitative estimate of drug-likeness (QED) is 0.119. The Morgan fingerprint density at radius 2 is 1.66 bits per heavy atom. The minimum absolute atomic E-state index is 0. The predicted molar refractivity (Wildman–Crippen MR) is 206 cm³/mol. The van der Waals surface area contributed by atoms with E-state index in [1.165, 1.54) is 43.2 Å². The van der Waals surface area contributed by atoms with Gasteiger partial charge in [-0.2, -0.15) is 0 Å². The van der Waals surface area contributed by atoms with E-state index in [-0.39, 0.29) is 20.1 Å². The van der Waals surface area contributed by atoms with Crippen LogP contribution in [0.2, 0.25) is 19.6 Å².